The van der Waals surface area contributed by atoms with Gasteiger partial charge in [0.05, 0.1) is 20.3 Å². The molecular weight excluding hydrogens is 351 g/mol. The maximum atomic E-state index is 13.3. The highest BCUT2D eigenvalue weighted by Gasteiger charge is 2.37. The lowest BCUT2D eigenvalue weighted by molar-refractivity contribution is -0.133. The van der Waals surface area contributed by atoms with Gasteiger partial charge in [0.25, 0.3) is 0 Å². The second kappa shape index (κ2) is 8.10. The zero-order valence-electron chi connectivity index (χ0n) is 15.8. The van der Waals surface area contributed by atoms with Crippen LogP contribution in [-0.4, -0.2) is 60.0 Å². The van der Waals surface area contributed by atoms with Gasteiger partial charge in [-0.25, -0.2) is 9.18 Å². The largest absolute Gasteiger partial charge is 0.482 e. The highest BCUT2D eigenvalue weighted by atomic mass is 19.1. The minimum absolute atomic E-state index is 0.150. The summed E-state index contributed by atoms with van der Waals surface area (Å²) in [4.78, 5) is 16.0. The Labute approximate surface area is 158 Å². The molecule has 6 nitrogen and oxygen atoms in total. The van der Waals surface area contributed by atoms with Crippen molar-refractivity contribution >= 4 is 5.97 Å². The van der Waals surface area contributed by atoms with Crippen molar-refractivity contribution in [2.75, 3.05) is 26.9 Å². The van der Waals surface area contributed by atoms with Crippen LogP contribution in [0.5, 0.6) is 0 Å². The second-order valence-corrected chi connectivity index (χ2v) is 6.87. The van der Waals surface area contributed by atoms with Gasteiger partial charge in [-0.3, -0.25) is 4.90 Å². The minimum Gasteiger partial charge on any atom is -0.482 e. The predicted octanol–water partition coefficient (Wildman–Crippen LogP) is 2.58. The van der Waals surface area contributed by atoms with Crippen LogP contribution >= 0.6 is 0 Å². The van der Waals surface area contributed by atoms with Crippen molar-refractivity contribution in [1.29, 1.82) is 0 Å². The van der Waals surface area contributed by atoms with Crippen LogP contribution in [0.4, 0.5) is 4.39 Å². The molecule has 1 fully saturated rings. The number of morpholine rings is 1. The van der Waals surface area contributed by atoms with E-state index < -0.39 is 5.97 Å². The number of hydrogen-bond acceptors (Lipinski definition) is 5. The molecule has 0 aromatic heterocycles. The number of rotatable bonds is 5. The van der Waals surface area contributed by atoms with Gasteiger partial charge in [-0.15, -0.1) is 0 Å². The van der Waals surface area contributed by atoms with Crippen LogP contribution in [-0.2, 0) is 20.8 Å². The molecule has 2 aliphatic rings. The molecule has 1 aromatic carbocycles. The third-order valence-electron chi connectivity index (χ3n) is 5.02. The van der Waals surface area contributed by atoms with Crippen LogP contribution in [0.2, 0.25) is 0 Å². The first-order valence-electron chi connectivity index (χ1n) is 8.97. The Morgan fingerprint density at radius 3 is 2.67 bits per heavy atom. The maximum absolute atomic E-state index is 13.3. The molecule has 0 bridgehead atoms. The molecule has 3 rings (SSSR count). The van der Waals surface area contributed by atoms with Crippen LogP contribution < -0.4 is 0 Å². The van der Waals surface area contributed by atoms with E-state index >= 15 is 0 Å². The Morgan fingerprint density at radius 1 is 1.37 bits per heavy atom. The molecule has 0 aliphatic carbocycles. The van der Waals surface area contributed by atoms with E-state index in [1.165, 1.54) is 19.2 Å². The number of hydrogen-bond donors (Lipinski definition) is 1. The van der Waals surface area contributed by atoms with Crippen molar-refractivity contribution in [2.24, 2.45) is 0 Å². The van der Waals surface area contributed by atoms with Crippen molar-refractivity contribution in [2.45, 2.75) is 32.6 Å². The Bertz CT molecular complexity index is 760. The molecule has 0 radical (unpaired) electrons. The van der Waals surface area contributed by atoms with Crippen LogP contribution in [0.15, 0.2) is 47.4 Å². The van der Waals surface area contributed by atoms with Crippen molar-refractivity contribution < 1.29 is 23.8 Å². The fourth-order valence-corrected chi connectivity index (χ4v) is 3.67. The van der Waals surface area contributed by atoms with E-state index in [0.29, 0.717) is 31.2 Å². The van der Waals surface area contributed by atoms with Gasteiger partial charge in [0.2, 0.25) is 5.88 Å². The van der Waals surface area contributed by atoms with Crippen LogP contribution in [0.1, 0.15) is 19.4 Å². The highest BCUT2D eigenvalue weighted by Crippen LogP contribution is 2.32. The van der Waals surface area contributed by atoms with Crippen LogP contribution in [0, 0.1) is 5.82 Å². The summed E-state index contributed by atoms with van der Waals surface area (Å²) < 4.78 is 24.4. The Morgan fingerprint density at radius 2 is 2.07 bits per heavy atom. The molecule has 1 unspecified atom stereocenters. The SMILES string of the molecule is COC1=C(C(=O)O)C(C)=CC(N2CCOC[C@H]2C)N1Cc1ccc(F)cc1. The molecule has 146 valence electrons. The minimum atomic E-state index is -1.03. The molecule has 0 spiro atoms. The molecule has 1 aromatic rings. The topological polar surface area (TPSA) is 62.2 Å². The summed E-state index contributed by atoms with van der Waals surface area (Å²) in [6.45, 7) is 6.24. The van der Waals surface area contributed by atoms with Crippen LogP contribution in [0.3, 0.4) is 0 Å². The molecular formula is C20H25FN2O4. The molecule has 1 N–H and O–H groups in total. The summed E-state index contributed by atoms with van der Waals surface area (Å²) in [6, 6.07) is 6.39. The van der Waals surface area contributed by atoms with Crippen LogP contribution in [0.25, 0.3) is 0 Å². The van der Waals surface area contributed by atoms with E-state index in [-0.39, 0.29) is 23.6 Å². The number of methoxy groups -OCH3 is 1. The van der Waals surface area contributed by atoms with Gasteiger partial charge in [0.15, 0.2) is 0 Å². The molecule has 0 saturated carbocycles. The lowest BCUT2D eigenvalue weighted by Gasteiger charge is -2.46. The normalized spacial score (nSPS) is 24.0. The Kier molecular flexibility index (Phi) is 5.82. The van der Waals surface area contributed by atoms with E-state index in [2.05, 4.69) is 11.8 Å². The van der Waals surface area contributed by atoms with E-state index in [0.717, 1.165) is 12.1 Å². The van der Waals surface area contributed by atoms with Crippen molar-refractivity contribution in [3.8, 4) is 0 Å². The van der Waals surface area contributed by atoms with E-state index in [1.807, 2.05) is 11.0 Å². The number of aliphatic carboxylic acids is 1. The average molecular weight is 376 g/mol. The molecule has 2 atom stereocenters. The number of carboxylic acid groups (broad SMARTS) is 1. The quantitative estimate of drug-likeness (QED) is 0.852. The number of halogens is 1. The fourth-order valence-electron chi connectivity index (χ4n) is 3.67. The molecule has 1 saturated heterocycles. The van der Waals surface area contributed by atoms with Gasteiger partial charge >= 0.3 is 5.97 Å². The third-order valence-corrected chi connectivity index (χ3v) is 5.02. The number of nitrogens with zero attached hydrogens (tertiary/aromatic N) is 2. The first-order chi connectivity index (χ1) is 12.9. The van der Waals surface area contributed by atoms with Crippen molar-refractivity contribution in [3.63, 3.8) is 0 Å². The van der Waals surface area contributed by atoms with Gasteiger partial charge in [0.1, 0.15) is 17.6 Å². The summed E-state index contributed by atoms with van der Waals surface area (Å²) in [7, 11) is 1.48. The van der Waals surface area contributed by atoms with E-state index in [9.17, 15) is 14.3 Å². The van der Waals surface area contributed by atoms with Crippen molar-refractivity contribution in [3.05, 3.63) is 58.8 Å². The Balaban J connectivity index is 2.02. The average Bonchev–Trinajstić information content (AvgIpc) is 2.64. The monoisotopic (exact) mass is 376 g/mol. The highest BCUT2D eigenvalue weighted by molar-refractivity contribution is 5.92. The van der Waals surface area contributed by atoms with Gasteiger partial charge in [0, 0.05) is 19.1 Å². The number of ether oxygens (including phenoxy) is 2. The third kappa shape index (κ3) is 3.99. The number of carbonyl (C=O) groups is 1. The molecule has 0 amide bonds. The zero-order valence-corrected chi connectivity index (χ0v) is 15.8. The predicted molar refractivity (Wildman–Crippen MR) is 98.1 cm³/mol. The maximum Gasteiger partial charge on any atom is 0.341 e. The first kappa shape index (κ1) is 19.4. The smallest absolute Gasteiger partial charge is 0.341 e. The lowest BCUT2D eigenvalue weighted by Crippen LogP contribution is -2.56. The molecule has 27 heavy (non-hydrogen) atoms. The standard InChI is InChI=1S/C20H25FN2O4/c1-13-10-17(22-8-9-27-12-14(22)2)23(19(26-3)18(13)20(24)25)11-15-4-6-16(21)7-5-15/h4-7,10,14,17H,8-9,11-12H2,1-3H3,(H,24,25)/t14-,17?/m1/s1. The fraction of sp³-hybridized carbons (Fsp3) is 0.450. The Hall–Kier alpha value is -2.38. The van der Waals surface area contributed by atoms with Gasteiger partial charge in [-0.2, -0.15) is 0 Å². The first-order valence-corrected chi connectivity index (χ1v) is 8.97. The lowest BCUT2D eigenvalue weighted by atomic mass is 10.0. The summed E-state index contributed by atoms with van der Waals surface area (Å²) in [5, 5.41) is 9.69. The summed E-state index contributed by atoms with van der Waals surface area (Å²) in [6.07, 6.45) is 1.78. The van der Waals surface area contributed by atoms with E-state index in [1.54, 1.807) is 19.1 Å². The molecule has 7 heteroatoms. The molecule has 2 aliphatic heterocycles. The second-order valence-electron chi connectivity index (χ2n) is 6.87. The van der Waals surface area contributed by atoms with Crippen molar-refractivity contribution in [1.82, 2.24) is 9.80 Å². The van der Waals surface area contributed by atoms with Gasteiger partial charge < -0.3 is 19.5 Å². The summed E-state index contributed by atoms with van der Waals surface area (Å²) >= 11 is 0. The molecule has 2 heterocycles. The summed E-state index contributed by atoms with van der Waals surface area (Å²) in [5.74, 6) is -1.02. The zero-order chi connectivity index (χ0) is 19.6. The number of carboxylic acids is 1. The van der Waals surface area contributed by atoms with Gasteiger partial charge in [-0.05, 0) is 43.2 Å². The van der Waals surface area contributed by atoms with Gasteiger partial charge in [-0.1, -0.05) is 12.1 Å². The number of benzene rings is 1. The summed E-state index contributed by atoms with van der Waals surface area (Å²) in [5.41, 5.74) is 1.68. The van der Waals surface area contributed by atoms with E-state index in [4.69, 9.17) is 9.47 Å².